The van der Waals surface area contributed by atoms with Gasteiger partial charge in [-0.25, -0.2) is 4.98 Å². The zero-order chi connectivity index (χ0) is 11.1. The number of hydrogen-bond acceptors (Lipinski definition) is 1. The van der Waals surface area contributed by atoms with Crippen LogP contribution in [0.4, 0.5) is 0 Å². The maximum Gasteiger partial charge on any atom is 0.213 e. The van der Waals surface area contributed by atoms with Gasteiger partial charge in [0.05, 0.1) is 5.52 Å². The summed E-state index contributed by atoms with van der Waals surface area (Å²) >= 11 is 3.49. The number of nitrogens with zero attached hydrogens (tertiary/aromatic N) is 3. The molecule has 3 aromatic rings. The van der Waals surface area contributed by atoms with Crippen molar-refractivity contribution < 1.29 is 0 Å². The molecule has 0 fully saturated rings. The molecule has 3 rings (SSSR count). The van der Waals surface area contributed by atoms with Gasteiger partial charge in [-0.2, -0.15) is 0 Å². The lowest BCUT2D eigenvalue weighted by molar-refractivity contribution is 0.835. The van der Waals surface area contributed by atoms with Gasteiger partial charge in [-0.15, -0.1) is 0 Å². The summed E-state index contributed by atoms with van der Waals surface area (Å²) in [4.78, 5) is 4.35. The summed E-state index contributed by atoms with van der Waals surface area (Å²) in [7, 11) is 1.99. The van der Waals surface area contributed by atoms with Crippen LogP contribution in [0, 0.1) is 0 Å². The molecule has 80 valence electrons. The van der Waals surface area contributed by atoms with Crippen LogP contribution in [0.5, 0.6) is 0 Å². The monoisotopic (exact) mass is 275 g/mol. The molecule has 0 saturated heterocycles. The summed E-state index contributed by atoms with van der Waals surface area (Å²) in [6, 6.07) is 8.34. The smallest absolute Gasteiger partial charge is 0.213 e. The number of hydrogen-bond donors (Lipinski definition) is 0. The van der Waals surface area contributed by atoms with Crippen molar-refractivity contribution in [1.82, 2.24) is 14.1 Å². The van der Waals surface area contributed by atoms with Crippen molar-refractivity contribution in [3.05, 3.63) is 47.3 Å². The number of halogens is 1. The van der Waals surface area contributed by atoms with E-state index in [-0.39, 0.29) is 0 Å². The average molecular weight is 276 g/mol. The Balaban J connectivity index is 2.32. The third-order valence-electron chi connectivity index (χ3n) is 2.67. The molecule has 4 heteroatoms. The predicted octanol–water partition coefficient (Wildman–Crippen LogP) is 3.13. The summed E-state index contributed by atoms with van der Waals surface area (Å²) in [5.41, 5.74) is 1.16. The van der Waals surface area contributed by atoms with Crippen molar-refractivity contribution in [2.24, 2.45) is 7.05 Å². The van der Waals surface area contributed by atoms with Gasteiger partial charge in [0.1, 0.15) is 0 Å². The number of aryl methyl sites for hydroxylation is 1. The fourth-order valence-electron chi connectivity index (χ4n) is 1.87. The largest absolute Gasteiger partial charge is 0.320 e. The van der Waals surface area contributed by atoms with Crippen LogP contribution in [0.1, 0.15) is 0 Å². The highest BCUT2D eigenvalue weighted by Crippen LogP contribution is 2.23. The number of rotatable bonds is 1. The number of fused-ring (bicyclic) bond motifs is 1. The fourth-order valence-corrected chi connectivity index (χ4v) is 2.21. The van der Waals surface area contributed by atoms with E-state index in [1.165, 1.54) is 5.39 Å². The van der Waals surface area contributed by atoms with Crippen LogP contribution >= 0.6 is 15.9 Å². The van der Waals surface area contributed by atoms with Gasteiger partial charge in [0.2, 0.25) is 5.95 Å². The van der Waals surface area contributed by atoms with E-state index >= 15 is 0 Å². The average Bonchev–Trinajstić information content (AvgIpc) is 2.83. The quantitative estimate of drug-likeness (QED) is 0.669. The molecule has 16 heavy (non-hydrogen) atoms. The fraction of sp³-hybridized carbons (Fsp3) is 0.0833. The van der Waals surface area contributed by atoms with Gasteiger partial charge in [0.15, 0.2) is 0 Å². The number of imidazole rings is 1. The summed E-state index contributed by atoms with van der Waals surface area (Å²) in [6.45, 7) is 0. The van der Waals surface area contributed by atoms with E-state index in [1.807, 2.05) is 30.1 Å². The Kier molecular flexibility index (Phi) is 2.11. The molecule has 0 aliphatic rings. The lowest BCUT2D eigenvalue weighted by atomic mass is 10.2. The van der Waals surface area contributed by atoms with Crippen LogP contribution in [-0.2, 0) is 7.05 Å². The summed E-state index contributed by atoms with van der Waals surface area (Å²) in [5.74, 6) is 0.924. The molecule has 0 spiro atoms. The van der Waals surface area contributed by atoms with Gasteiger partial charge in [-0.1, -0.05) is 22.0 Å². The first-order valence-electron chi connectivity index (χ1n) is 5.00. The van der Waals surface area contributed by atoms with Crippen LogP contribution in [0.15, 0.2) is 47.3 Å². The molecule has 0 aliphatic heterocycles. The van der Waals surface area contributed by atoms with Crippen molar-refractivity contribution in [2.75, 3.05) is 0 Å². The lowest BCUT2D eigenvalue weighted by Crippen LogP contribution is -2.00. The van der Waals surface area contributed by atoms with Gasteiger partial charge < -0.3 is 4.57 Å². The SMILES string of the molecule is Cn1ccnc1-n1ccc2ccc(Br)cc21. The molecule has 0 aliphatic carbocycles. The summed E-state index contributed by atoms with van der Waals surface area (Å²) < 4.78 is 5.16. The summed E-state index contributed by atoms with van der Waals surface area (Å²) in [6.07, 6.45) is 5.79. The molecular weight excluding hydrogens is 266 g/mol. The van der Waals surface area contributed by atoms with Crippen molar-refractivity contribution in [3.8, 4) is 5.95 Å². The molecule has 0 amide bonds. The Morgan fingerprint density at radius 1 is 1.19 bits per heavy atom. The van der Waals surface area contributed by atoms with E-state index in [1.54, 1.807) is 6.20 Å². The van der Waals surface area contributed by atoms with Gasteiger partial charge in [0.25, 0.3) is 0 Å². The molecule has 2 aromatic heterocycles. The summed E-state index contributed by atoms with van der Waals surface area (Å²) in [5, 5.41) is 1.21. The predicted molar refractivity (Wildman–Crippen MR) is 67.7 cm³/mol. The molecule has 0 N–H and O–H groups in total. The van der Waals surface area contributed by atoms with Crippen LogP contribution in [0.3, 0.4) is 0 Å². The van der Waals surface area contributed by atoms with Crippen LogP contribution < -0.4 is 0 Å². The van der Waals surface area contributed by atoms with Crippen molar-refractivity contribution in [1.29, 1.82) is 0 Å². The molecule has 1 aromatic carbocycles. The topological polar surface area (TPSA) is 22.8 Å². The normalized spacial score (nSPS) is 11.1. The van der Waals surface area contributed by atoms with Crippen LogP contribution in [-0.4, -0.2) is 14.1 Å². The van der Waals surface area contributed by atoms with Gasteiger partial charge in [-0.3, -0.25) is 4.57 Å². The lowest BCUT2D eigenvalue weighted by Gasteiger charge is -2.04. The minimum atomic E-state index is 0.924. The van der Waals surface area contributed by atoms with Crippen LogP contribution in [0.25, 0.3) is 16.9 Å². The Labute approximate surface area is 101 Å². The van der Waals surface area contributed by atoms with Gasteiger partial charge in [0, 0.05) is 35.5 Å². The maximum absolute atomic E-state index is 4.35. The zero-order valence-corrected chi connectivity index (χ0v) is 10.3. The maximum atomic E-state index is 4.35. The van der Waals surface area contributed by atoms with E-state index in [2.05, 4.69) is 43.7 Å². The second-order valence-corrected chi connectivity index (χ2v) is 4.64. The Morgan fingerprint density at radius 2 is 2.06 bits per heavy atom. The Morgan fingerprint density at radius 3 is 2.81 bits per heavy atom. The van der Waals surface area contributed by atoms with Crippen molar-refractivity contribution in [3.63, 3.8) is 0 Å². The number of aromatic nitrogens is 3. The third kappa shape index (κ3) is 1.38. The minimum Gasteiger partial charge on any atom is -0.320 e. The highest BCUT2D eigenvalue weighted by atomic mass is 79.9. The van der Waals surface area contributed by atoms with Crippen molar-refractivity contribution in [2.45, 2.75) is 0 Å². The Bertz CT molecular complexity index is 651. The van der Waals surface area contributed by atoms with Gasteiger partial charge >= 0.3 is 0 Å². The minimum absolute atomic E-state index is 0.924. The zero-order valence-electron chi connectivity index (χ0n) is 8.76. The second-order valence-electron chi connectivity index (χ2n) is 3.73. The first kappa shape index (κ1) is 9.66. The van der Waals surface area contributed by atoms with E-state index in [4.69, 9.17) is 0 Å². The second kappa shape index (κ2) is 3.49. The van der Waals surface area contributed by atoms with Crippen molar-refractivity contribution >= 4 is 26.8 Å². The van der Waals surface area contributed by atoms with Crippen LogP contribution in [0.2, 0.25) is 0 Å². The third-order valence-corrected chi connectivity index (χ3v) is 3.16. The first-order valence-corrected chi connectivity index (χ1v) is 5.79. The molecule has 2 heterocycles. The van der Waals surface area contributed by atoms with E-state index in [0.717, 1.165) is 15.9 Å². The highest BCUT2D eigenvalue weighted by Gasteiger charge is 2.06. The van der Waals surface area contributed by atoms with E-state index in [0.29, 0.717) is 0 Å². The van der Waals surface area contributed by atoms with E-state index < -0.39 is 0 Å². The molecular formula is C12H10BrN3. The standard InChI is InChI=1S/C12H10BrN3/c1-15-7-5-14-12(15)16-6-4-9-2-3-10(13)8-11(9)16/h2-8H,1H3. The molecule has 3 nitrogen and oxygen atoms in total. The highest BCUT2D eigenvalue weighted by molar-refractivity contribution is 9.10. The molecule has 0 bridgehead atoms. The first-order chi connectivity index (χ1) is 7.75. The molecule has 0 atom stereocenters. The molecule has 0 radical (unpaired) electrons. The van der Waals surface area contributed by atoms with E-state index in [9.17, 15) is 0 Å². The number of benzene rings is 1. The molecule has 0 unspecified atom stereocenters. The Hall–Kier alpha value is -1.55. The molecule has 0 saturated carbocycles. The van der Waals surface area contributed by atoms with Gasteiger partial charge in [-0.05, 0) is 18.2 Å².